The van der Waals surface area contributed by atoms with Crippen LogP contribution in [0.3, 0.4) is 0 Å². The normalized spacial score (nSPS) is 20.0. The Labute approximate surface area is 183 Å². The van der Waals surface area contributed by atoms with Crippen LogP contribution >= 0.6 is 11.3 Å². The van der Waals surface area contributed by atoms with Crippen molar-refractivity contribution in [2.24, 2.45) is 11.8 Å². The molecule has 0 aliphatic carbocycles. The van der Waals surface area contributed by atoms with Crippen molar-refractivity contribution >= 4 is 33.3 Å². The molecule has 0 radical (unpaired) electrons. The molecule has 0 aromatic carbocycles. The highest BCUT2D eigenvalue weighted by Gasteiger charge is 2.31. The van der Waals surface area contributed by atoms with E-state index in [4.69, 9.17) is 14.7 Å². The van der Waals surface area contributed by atoms with Gasteiger partial charge in [-0.2, -0.15) is 0 Å². The van der Waals surface area contributed by atoms with Crippen molar-refractivity contribution < 1.29 is 9.53 Å². The summed E-state index contributed by atoms with van der Waals surface area (Å²) >= 11 is 1.84. The summed E-state index contributed by atoms with van der Waals surface area (Å²) in [6.07, 6.45) is 3.82. The minimum Gasteiger partial charge on any atom is -0.466 e. The van der Waals surface area contributed by atoms with Gasteiger partial charge in [-0.15, -0.1) is 11.3 Å². The van der Waals surface area contributed by atoms with Crippen LogP contribution in [0.2, 0.25) is 0 Å². The van der Waals surface area contributed by atoms with Gasteiger partial charge in [0.05, 0.1) is 17.9 Å². The fraction of sp³-hybridized carbons (Fsp3) is 0.696. The van der Waals surface area contributed by atoms with E-state index in [1.165, 1.54) is 15.8 Å². The van der Waals surface area contributed by atoms with E-state index in [2.05, 4.69) is 30.6 Å². The molecule has 1 unspecified atom stereocenters. The molecule has 0 spiro atoms. The van der Waals surface area contributed by atoms with E-state index in [0.717, 1.165) is 68.3 Å². The SMILES string of the molecule is CCOC(=O)C1CCCN(c2nc(CC(C)C)nc3sc4c(c23)CCN(CC)C4)C1. The number of thiophene rings is 1. The summed E-state index contributed by atoms with van der Waals surface area (Å²) in [5.74, 6) is 2.35. The molecule has 2 aromatic heterocycles. The fourth-order valence-electron chi connectivity index (χ4n) is 4.65. The Morgan fingerprint density at radius 2 is 2.10 bits per heavy atom. The fourth-order valence-corrected chi connectivity index (χ4v) is 5.92. The topological polar surface area (TPSA) is 58.6 Å². The molecule has 4 rings (SSSR count). The first-order valence-electron chi connectivity index (χ1n) is 11.4. The lowest BCUT2D eigenvalue weighted by Gasteiger charge is -2.33. The van der Waals surface area contributed by atoms with Crippen LogP contribution in [-0.4, -0.2) is 53.6 Å². The minimum absolute atomic E-state index is 0.0673. The van der Waals surface area contributed by atoms with Crippen LogP contribution in [0.1, 0.15) is 56.8 Å². The van der Waals surface area contributed by atoms with E-state index in [9.17, 15) is 4.79 Å². The first-order chi connectivity index (χ1) is 14.5. The Kier molecular flexibility index (Phi) is 6.58. The first-order valence-corrected chi connectivity index (χ1v) is 12.3. The van der Waals surface area contributed by atoms with Gasteiger partial charge >= 0.3 is 5.97 Å². The maximum atomic E-state index is 12.4. The number of hydrogen-bond donors (Lipinski definition) is 0. The second kappa shape index (κ2) is 9.18. The molecular weight excluding hydrogens is 396 g/mol. The number of carbonyl (C=O) groups is 1. The van der Waals surface area contributed by atoms with Crippen LogP contribution in [0, 0.1) is 11.8 Å². The summed E-state index contributed by atoms with van der Waals surface area (Å²) in [5, 5.41) is 1.24. The molecule has 1 saturated heterocycles. The molecule has 6 nitrogen and oxygen atoms in total. The van der Waals surface area contributed by atoms with Crippen molar-refractivity contribution in [2.75, 3.05) is 37.7 Å². The van der Waals surface area contributed by atoms with Crippen molar-refractivity contribution in [1.82, 2.24) is 14.9 Å². The van der Waals surface area contributed by atoms with Crippen LogP contribution < -0.4 is 4.90 Å². The van der Waals surface area contributed by atoms with E-state index in [1.807, 2.05) is 18.3 Å². The number of nitrogens with zero attached hydrogens (tertiary/aromatic N) is 4. The van der Waals surface area contributed by atoms with Gasteiger partial charge in [-0.3, -0.25) is 9.69 Å². The number of likely N-dealkylation sites (N-methyl/N-ethyl adjacent to an activating group) is 1. The monoisotopic (exact) mass is 430 g/mol. The molecule has 0 amide bonds. The molecule has 1 fully saturated rings. The summed E-state index contributed by atoms with van der Waals surface area (Å²) in [7, 11) is 0. The van der Waals surface area contributed by atoms with Crippen LogP contribution in [0.4, 0.5) is 5.82 Å². The summed E-state index contributed by atoms with van der Waals surface area (Å²) < 4.78 is 5.33. The molecule has 30 heavy (non-hydrogen) atoms. The Morgan fingerprint density at radius 3 is 2.83 bits per heavy atom. The molecule has 2 aliphatic rings. The predicted molar refractivity (Wildman–Crippen MR) is 122 cm³/mol. The van der Waals surface area contributed by atoms with Gasteiger partial charge in [0.15, 0.2) is 0 Å². The number of anilines is 1. The Morgan fingerprint density at radius 1 is 1.27 bits per heavy atom. The summed E-state index contributed by atoms with van der Waals surface area (Å²) in [4.78, 5) is 29.9. The molecular formula is C23H34N4O2S. The number of fused-ring (bicyclic) bond motifs is 3. The lowest BCUT2D eigenvalue weighted by molar-refractivity contribution is -0.148. The van der Waals surface area contributed by atoms with Crippen LogP contribution in [0.25, 0.3) is 10.2 Å². The maximum absolute atomic E-state index is 12.4. The molecule has 2 aliphatic heterocycles. The lowest BCUT2D eigenvalue weighted by atomic mass is 9.97. The second-order valence-corrected chi connectivity index (χ2v) is 9.98. The Balaban J connectivity index is 1.75. The van der Waals surface area contributed by atoms with Crippen molar-refractivity contribution in [3.8, 4) is 0 Å². The number of rotatable bonds is 6. The first kappa shape index (κ1) is 21.5. The van der Waals surface area contributed by atoms with Gasteiger partial charge in [0.2, 0.25) is 0 Å². The van der Waals surface area contributed by atoms with Gasteiger partial charge in [0.1, 0.15) is 16.5 Å². The Bertz CT molecular complexity index is 910. The number of piperidine rings is 1. The van der Waals surface area contributed by atoms with Gasteiger partial charge in [-0.1, -0.05) is 20.8 Å². The van der Waals surface area contributed by atoms with E-state index in [1.54, 1.807) is 0 Å². The third-order valence-corrected chi connectivity index (χ3v) is 7.30. The van der Waals surface area contributed by atoms with Crippen molar-refractivity contribution in [3.63, 3.8) is 0 Å². The summed E-state index contributed by atoms with van der Waals surface area (Å²) in [6.45, 7) is 13.8. The molecule has 0 bridgehead atoms. The molecule has 0 saturated carbocycles. The third kappa shape index (κ3) is 4.33. The van der Waals surface area contributed by atoms with Crippen molar-refractivity contribution in [1.29, 1.82) is 0 Å². The van der Waals surface area contributed by atoms with E-state index < -0.39 is 0 Å². The highest BCUT2D eigenvalue weighted by atomic mass is 32.1. The zero-order valence-corrected chi connectivity index (χ0v) is 19.6. The van der Waals surface area contributed by atoms with Gasteiger partial charge in [0, 0.05) is 37.5 Å². The van der Waals surface area contributed by atoms with Crippen molar-refractivity contribution in [3.05, 3.63) is 16.3 Å². The van der Waals surface area contributed by atoms with Crippen LogP contribution in [-0.2, 0) is 28.9 Å². The minimum atomic E-state index is -0.0687. The average molecular weight is 431 g/mol. The highest BCUT2D eigenvalue weighted by molar-refractivity contribution is 7.19. The number of aromatic nitrogens is 2. The van der Waals surface area contributed by atoms with E-state index in [0.29, 0.717) is 19.1 Å². The third-order valence-electron chi connectivity index (χ3n) is 6.19. The standard InChI is InChI=1S/C23H34N4O2S/c1-5-26-11-9-17-18(14-26)30-22-20(17)21(24-19(25-22)12-15(3)4)27-10-7-8-16(13-27)23(28)29-6-2/h15-16H,5-14H2,1-4H3. The number of hydrogen-bond acceptors (Lipinski definition) is 7. The smallest absolute Gasteiger partial charge is 0.310 e. The zero-order valence-electron chi connectivity index (χ0n) is 18.7. The number of esters is 1. The van der Waals surface area contributed by atoms with E-state index >= 15 is 0 Å². The van der Waals surface area contributed by atoms with Crippen molar-refractivity contribution in [2.45, 2.75) is 59.9 Å². The number of carbonyl (C=O) groups excluding carboxylic acids is 1. The van der Waals surface area contributed by atoms with E-state index in [-0.39, 0.29) is 11.9 Å². The van der Waals surface area contributed by atoms with Gasteiger partial charge in [0.25, 0.3) is 0 Å². The lowest BCUT2D eigenvalue weighted by Crippen LogP contribution is -2.40. The van der Waals surface area contributed by atoms with Crippen LogP contribution in [0.15, 0.2) is 0 Å². The quantitative estimate of drug-likeness (QED) is 0.645. The summed E-state index contributed by atoms with van der Waals surface area (Å²) in [6, 6.07) is 0. The van der Waals surface area contributed by atoms with Gasteiger partial charge in [-0.05, 0) is 44.2 Å². The molecule has 7 heteroatoms. The number of ether oxygens (including phenoxy) is 1. The predicted octanol–water partition coefficient (Wildman–Crippen LogP) is 4.05. The molecule has 1 atom stereocenters. The van der Waals surface area contributed by atoms with Gasteiger partial charge < -0.3 is 9.64 Å². The molecule has 164 valence electrons. The maximum Gasteiger partial charge on any atom is 0.310 e. The summed E-state index contributed by atoms with van der Waals surface area (Å²) in [5.41, 5.74) is 1.43. The van der Waals surface area contributed by atoms with Crippen LogP contribution in [0.5, 0.6) is 0 Å². The Hall–Kier alpha value is -1.73. The molecule has 0 N–H and O–H groups in total. The van der Waals surface area contributed by atoms with Gasteiger partial charge in [-0.25, -0.2) is 9.97 Å². The molecule has 4 heterocycles. The zero-order chi connectivity index (χ0) is 21.3. The second-order valence-electron chi connectivity index (χ2n) is 8.90. The molecule has 2 aromatic rings. The largest absolute Gasteiger partial charge is 0.466 e. The average Bonchev–Trinajstić information content (AvgIpc) is 3.10. The highest BCUT2D eigenvalue weighted by Crippen LogP contribution is 2.40.